The third kappa shape index (κ3) is 5.02. The summed E-state index contributed by atoms with van der Waals surface area (Å²) in [6.45, 7) is 2.04. The van der Waals surface area contributed by atoms with Crippen molar-refractivity contribution in [1.29, 1.82) is 0 Å². The lowest BCUT2D eigenvalue weighted by Crippen LogP contribution is -2.49. The number of hydrogen-bond acceptors (Lipinski definition) is 5. The fourth-order valence-electron chi connectivity index (χ4n) is 4.27. The second-order valence-corrected chi connectivity index (χ2v) is 8.72. The molecule has 1 spiro atoms. The van der Waals surface area contributed by atoms with E-state index in [9.17, 15) is 19.2 Å². The molecular formula is C24H27N5O4. The summed E-state index contributed by atoms with van der Waals surface area (Å²) in [4.78, 5) is 55.5. The number of rotatable bonds is 6. The van der Waals surface area contributed by atoms with Crippen LogP contribution in [0.3, 0.4) is 0 Å². The lowest BCUT2D eigenvalue weighted by atomic mass is 9.77. The van der Waals surface area contributed by atoms with Gasteiger partial charge in [0, 0.05) is 17.4 Å². The molecule has 1 aromatic carbocycles. The minimum absolute atomic E-state index is 0.281. The van der Waals surface area contributed by atoms with Crippen LogP contribution < -0.4 is 16.0 Å². The number of imide groups is 1. The molecule has 33 heavy (non-hydrogen) atoms. The molecule has 2 aromatic rings. The Bertz CT molecular complexity index is 1060. The van der Waals surface area contributed by atoms with Crippen LogP contribution in [-0.2, 0) is 16.1 Å². The number of benzene rings is 1. The molecule has 0 unspecified atom stereocenters. The first-order valence-corrected chi connectivity index (χ1v) is 11.1. The predicted molar refractivity (Wildman–Crippen MR) is 121 cm³/mol. The number of amides is 5. The van der Waals surface area contributed by atoms with E-state index in [0.29, 0.717) is 30.0 Å². The number of carbonyl (C=O) groups is 4. The van der Waals surface area contributed by atoms with Crippen molar-refractivity contribution in [2.24, 2.45) is 5.92 Å². The number of hydrogen-bond donors (Lipinski definition) is 3. The number of anilines is 1. The molecule has 5 amide bonds. The van der Waals surface area contributed by atoms with E-state index in [1.54, 1.807) is 36.5 Å². The van der Waals surface area contributed by atoms with Gasteiger partial charge in [0.2, 0.25) is 5.91 Å². The highest BCUT2D eigenvalue weighted by Crippen LogP contribution is 2.36. The molecule has 9 heteroatoms. The van der Waals surface area contributed by atoms with Gasteiger partial charge in [-0.25, -0.2) is 4.79 Å². The first-order chi connectivity index (χ1) is 15.9. The Hall–Kier alpha value is -3.75. The van der Waals surface area contributed by atoms with E-state index in [2.05, 4.69) is 27.9 Å². The van der Waals surface area contributed by atoms with E-state index < -0.39 is 17.5 Å². The van der Waals surface area contributed by atoms with E-state index in [1.165, 1.54) is 0 Å². The SMILES string of the molecule is CC1CCC2(CC1)NC(=O)N(CC(=O)Nc1cccc(C(=O)NCc3ccccn3)c1)C2=O. The third-order valence-electron chi connectivity index (χ3n) is 6.24. The second kappa shape index (κ2) is 9.40. The summed E-state index contributed by atoms with van der Waals surface area (Å²) in [6, 6.07) is 11.4. The Morgan fingerprint density at radius 1 is 1.15 bits per heavy atom. The molecule has 1 aliphatic heterocycles. The Kier molecular flexibility index (Phi) is 6.39. The first-order valence-electron chi connectivity index (χ1n) is 11.1. The number of nitrogens with one attached hydrogen (secondary N) is 3. The monoisotopic (exact) mass is 449 g/mol. The molecule has 0 atom stereocenters. The van der Waals surface area contributed by atoms with E-state index in [1.807, 2.05) is 12.1 Å². The van der Waals surface area contributed by atoms with Crippen LogP contribution in [0.25, 0.3) is 0 Å². The summed E-state index contributed by atoms with van der Waals surface area (Å²) in [5, 5.41) is 8.26. The zero-order valence-electron chi connectivity index (χ0n) is 18.5. The molecule has 1 saturated carbocycles. The highest BCUT2D eigenvalue weighted by Gasteiger charge is 2.52. The quantitative estimate of drug-likeness (QED) is 0.585. The van der Waals surface area contributed by atoms with Crippen LogP contribution >= 0.6 is 0 Å². The lowest BCUT2D eigenvalue weighted by molar-refractivity contribution is -0.135. The van der Waals surface area contributed by atoms with Gasteiger partial charge in [-0.15, -0.1) is 0 Å². The van der Waals surface area contributed by atoms with Crippen molar-refractivity contribution in [2.75, 3.05) is 11.9 Å². The zero-order valence-corrected chi connectivity index (χ0v) is 18.5. The Balaban J connectivity index is 1.34. The summed E-state index contributed by atoms with van der Waals surface area (Å²) < 4.78 is 0. The Morgan fingerprint density at radius 2 is 1.94 bits per heavy atom. The van der Waals surface area contributed by atoms with Gasteiger partial charge in [-0.2, -0.15) is 0 Å². The maximum absolute atomic E-state index is 12.9. The topological polar surface area (TPSA) is 120 Å². The first kappa shape index (κ1) is 22.4. The summed E-state index contributed by atoms with van der Waals surface area (Å²) in [5.74, 6) is -0.631. The predicted octanol–water partition coefficient (Wildman–Crippen LogP) is 2.45. The van der Waals surface area contributed by atoms with Gasteiger partial charge >= 0.3 is 6.03 Å². The van der Waals surface area contributed by atoms with Gasteiger partial charge in [-0.1, -0.05) is 19.1 Å². The minimum atomic E-state index is -0.879. The van der Waals surface area contributed by atoms with Crippen molar-refractivity contribution in [3.8, 4) is 0 Å². The molecule has 1 saturated heterocycles. The molecule has 2 heterocycles. The maximum atomic E-state index is 12.9. The van der Waals surface area contributed by atoms with Crippen molar-refractivity contribution >= 4 is 29.4 Å². The highest BCUT2D eigenvalue weighted by atomic mass is 16.2. The molecule has 2 aliphatic rings. The van der Waals surface area contributed by atoms with Crippen molar-refractivity contribution in [1.82, 2.24) is 20.5 Å². The normalized spacial score (nSPS) is 22.2. The lowest BCUT2D eigenvalue weighted by Gasteiger charge is -2.33. The average molecular weight is 450 g/mol. The van der Waals surface area contributed by atoms with Crippen molar-refractivity contribution in [2.45, 2.75) is 44.7 Å². The van der Waals surface area contributed by atoms with Crippen LogP contribution in [-0.4, -0.2) is 45.7 Å². The van der Waals surface area contributed by atoms with E-state index >= 15 is 0 Å². The van der Waals surface area contributed by atoms with Crippen LogP contribution in [0.15, 0.2) is 48.7 Å². The van der Waals surface area contributed by atoms with E-state index in [4.69, 9.17) is 0 Å². The molecule has 1 aromatic heterocycles. The van der Waals surface area contributed by atoms with Crippen LogP contribution in [0.1, 0.15) is 48.7 Å². The fourth-order valence-corrected chi connectivity index (χ4v) is 4.27. The van der Waals surface area contributed by atoms with Gasteiger partial charge in [0.15, 0.2) is 0 Å². The molecule has 0 bridgehead atoms. The van der Waals surface area contributed by atoms with Gasteiger partial charge in [0.1, 0.15) is 12.1 Å². The van der Waals surface area contributed by atoms with Crippen LogP contribution in [0.2, 0.25) is 0 Å². The van der Waals surface area contributed by atoms with Gasteiger partial charge in [0.25, 0.3) is 11.8 Å². The van der Waals surface area contributed by atoms with Crippen LogP contribution in [0.4, 0.5) is 10.5 Å². The third-order valence-corrected chi connectivity index (χ3v) is 6.24. The van der Waals surface area contributed by atoms with E-state index in [0.717, 1.165) is 23.4 Å². The number of urea groups is 1. The molecule has 2 fully saturated rings. The zero-order chi connectivity index (χ0) is 23.4. The van der Waals surface area contributed by atoms with Gasteiger partial charge < -0.3 is 16.0 Å². The molecule has 9 nitrogen and oxygen atoms in total. The van der Waals surface area contributed by atoms with Crippen molar-refractivity contribution in [3.63, 3.8) is 0 Å². The molecule has 172 valence electrons. The summed E-state index contributed by atoms with van der Waals surface area (Å²) in [6.07, 6.45) is 4.56. The second-order valence-electron chi connectivity index (χ2n) is 8.72. The smallest absolute Gasteiger partial charge is 0.325 e. The number of carbonyl (C=O) groups excluding carboxylic acids is 4. The van der Waals surface area contributed by atoms with E-state index in [-0.39, 0.29) is 24.9 Å². The molecule has 3 N–H and O–H groups in total. The number of pyridine rings is 1. The van der Waals surface area contributed by atoms with Crippen LogP contribution in [0, 0.1) is 5.92 Å². The summed E-state index contributed by atoms with van der Waals surface area (Å²) >= 11 is 0. The number of aromatic nitrogens is 1. The largest absolute Gasteiger partial charge is 0.346 e. The number of nitrogens with zero attached hydrogens (tertiary/aromatic N) is 2. The summed E-state index contributed by atoms with van der Waals surface area (Å²) in [5.41, 5.74) is 0.622. The fraction of sp³-hybridized carbons (Fsp3) is 0.375. The highest BCUT2D eigenvalue weighted by molar-refractivity contribution is 6.10. The molecule has 0 radical (unpaired) electrons. The van der Waals surface area contributed by atoms with Crippen LogP contribution in [0.5, 0.6) is 0 Å². The summed E-state index contributed by atoms with van der Waals surface area (Å²) in [7, 11) is 0. The van der Waals surface area contributed by atoms with Gasteiger partial charge in [0.05, 0.1) is 12.2 Å². The molecule has 1 aliphatic carbocycles. The minimum Gasteiger partial charge on any atom is -0.346 e. The van der Waals surface area contributed by atoms with Crippen molar-refractivity contribution < 1.29 is 19.2 Å². The molecule has 4 rings (SSSR count). The van der Waals surface area contributed by atoms with Gasteiger partial charge in [-0.3, -0.25) is 24.3 Å². The van der Waals surface area contributed by atoms with Crippen molar-refractivity contribution in [3.05, 3.63) is 59.9 Å². The van der Waals surface area contributed by atoms with Gasteiger partial charge in [-0.05, 0) is 61.9 Å². The molecular weight excluding hydrogens is 422 g/mol. The Morgan fingerprint density at radius 3 is 2.67 bits per heavy atom. The maximum Gasteiger partial charge on any atom is 0.325 e. The Labute approximate surface area is 191 Å². The average Bonchev–Trinajstić information content (AvgIpc) is 3.04. The standard InChI is InChI=1S/C24H27N5O4/c1-16-8-10-24(11-9-16)22(32)29(23(33)28-24)15-20(30)27-18-7-4-5-17(13-18)21(31)26-14-19-6-2-3-12-25-19/h2-7,12-13,16H,8-11,14-15H2,1H3,(H,26,31)(H,27,30)(H,28,33).